The summed E-state index contributed by atoms with van der Waals surface area (Å²) in [5.74, 6) is 0.935. The molecule has 0 bridgehead atoms. The third-order valence-electron chi connectivity index (χ3n) is 3.09. The third kappa shape index (κ3) is 2.20. The van der Waals surface area contributed by atoms with Gasteiger partial charge in [0, 0.05) is 12.7 Å². The number of nitrogens with one attached hydrogen (secondary N) is 1. The van der Waals surface area contributed by atoms with E-state index in [4.69, 9.17) is 9.47 Å². The zero-order chi connectivity index (χ0) is 12.3. The average Bonchev–Trinajstić information content (AvgIpc) is 2.29. The Balaban J connectivity index is 3.35. The highest BCUT2D eigenvalue weighted by atomic mass is 16.5. The summed E-state index contributed by atoms with van der Waals surface area (Å²) in [6.45, 7) is 6.25. The summed E-state index contributed by atoms with van der Waals surface area (Å²) in [6, 6.07) is 2.06. The lowest BCUT2D eigenvalue weighted by atomic mass is 9.96. The molecule has 0 saturated heterocycles. The van der Waals surface area contributed by atoms with Crippen LogP contribution in [0.3, 0.4) is 0 Å². The van der Waals surface area contributed by atoms with Gasteiger partial charge < -0.3 is 9.47 Å². The number of aryl methyl sites for hydroxylation is 1. The first-order valence-electron chi connectivity index (χ1n) is 5.41. The van der Waals surface area contributed by atoms with Crippen LogP contribution >= 0.6 is 0 Å². The number of ether oxygens (including phenoxy) is 2. The van der Waals surface area contributed by atoms with E-state index in [9.17, 15) is 0 Å². The van der Waals surface area contributed by atoms with Crippen LogP contribution < -0.4 is 10.1 Å². The molecule has 3 heteroatoms. The smallest absolute Gasteiger partial charge is 0.134 e. The molecule has 1 atom stereocenters. The molecule has 0 aliphatic heterocycles. The van der Waals surface area contributed by atoms with E-state index in [0.717, 1.165) is 5.75 Å². The molecule has 0 aliphatic rings. The van der Waals surface area contributed by atoms with Gasteiger partial charge in [-0.2, -0.15) is 0 Å². The molecular weight excluding hydrogens is 202 g/mol. The standard InChI is InChI=1S/C13H21NO2/c1-8-7-11(15-5)9(2)10(3)12(8)13(14-4)16-6/h7,13-14H,1-6H3. The Morgan fingerprint density at radius 3 is 2.19 bits per heavy atom. The van der Waals surface area contributed by atoms with Crippen molar-refractivity contribution in [2.24, 2.45) is 0 Å². The highest BCUT2D eigenvalue weighted by Gasteiger charge is 2.17. The van der Waals surface area contributed by atoms with Crippen molar-refractivity contribution in [2.75, 3.05) is 21.3 Å². The Morgan fingerprint density at radius 1 is 1.12 bits per heavy atom. The number of benzene rings is 1. The predicted molar refractivity (Wildman–Crippen MR) is 66.0 cm³/mol. The number of hydrogen-bond donors (Lipinski definition) is 1. The van der Waals surface area contributed by atoms with Gasteiger partial charge in [0.25, 0.3) is 0 Å². The fourth-order valence-corrected chi connectivity index (χ4v) is 2.06. The molecule has 0 saturated carbocycles. The van der Waals surface area contributed by atoms with E-state index in [0.29, 0.717) is 0 Å². The van der Waals surface area contributed by atoms with Crippen molar-refractivity contribution < 1.29 is 9.47 Å². The number of methoxy groups -OCH3 is 2. The van der Waals surface area contributed by atoms with E-state index < -0.39 is 0 Å². The minimum atomic E-state index is -0.0652. The van der Waals surface area contributed by atoms with E-state index in [1.54, 1.807) is 14.2 Å². The molecule has 90 valence electrons. The zero-order valence-electron chi connectivity index (χ0n) is 11.0. The van der Waals surface area contributed by atoms with Gasteiger partial charge in [-0.25, -0.2) is 0 Å². The first-order chi connectivity index (χ1) is 7.56. The topological polar surface area (TPSA) is 30.5 Å². The van der Waals surface area contributed by atoms with E-state index in [-0.39, 0.29) is 6.23 Å². The predicted octanol–water partition coefficient (Wildman–Crippen LogP) is 2.48. The fraction of sp³-hybridized carbons (Fsp3) is 0.538. The Kier molecular flexibility index (Phi) is 4.33. The molecule has 0 spiro atoms. The van der Waals surface area contributed by atoms with E-state index in [1.807, 2.05) is 7.05 Å². The summed E-state index contributed by atoms with van der Waals surface area (Å²) < 4.78 is 10.8. The van der Waals surface area contributed by atoms with Crippen LogP contribution in [0.15, 0.2) is 6.07 Å². The molecule has 0 amide bonds. The van der Waals surface area contributed by atoms with Crippen molar-refractivity contribution in [3.63, 3.8) is 0 Å². The molecule has 0 aromatic heterocycles. The molecule has 1 aromatic carbocycles. The lowest BCUT2D eigenvalue weighted by Gasteiger charge is -2.22. The zero-order valence-corrected chi connectivity index (χ0v) is 11.0. The first kappa shape index (κ1) is 13.0. The maximum atomic E-state index is 5.42. The lowest BCUT2D eigenvalue weighted by Crippen LogP contribution is -2.20. The Hall–Kier alpha value is -1.06. The van der Waals surface area contributed by atoms with Crippen molar-refractivity contribution in [1.29, 1.82) is 0 Å². The molecule has 1 rings (SSSR count). The van der Waals surface area contributed by atoms with Crippen LogP contribution in [-0.4, -0.2) is 21.3 Å². The quantitative estimate of drug-likeness (QED) is 0.795. The third-order valence-corrected chi connectivity index (χ3v) is 3.09. The van der Waals surface area contributed by atoms with Gasteiger partial charge in [-0.05, 0) is 50.6 Å². The lowest BCUT2D eigenvalue weighted by molar-refractivity contribution is 0.0797. The van der Waals surface area contributed by atoms with Crippen molar-refractivity contribution in [3.8, 4) is 5.75 Å². The highest BCUT2D eigenvalue weighted by Crippen LogP contribution is 2.31. The van der Waals surface area contributed by atoms with Gasteiger partial charge >= 0.3 is 0 Å². The maximum Gasteiger partial charge on any atom is 0.134 e. The van der Waals surface area contributed by atoms with Crippen molar-refractivity contribution in [3.05, 3.63) is 28.3 Å². The Morgan fingerprint density at radius 2 is 1.75 bits per heavy atom. The second kappa shape index (κ2) is 5.32. The van der Waals surface area contributed by atoms with Gasteiger partial charge in [0.1, 0.15) is 12.0 Å². The molecule has 1 unspecified atom stereocenters. The normalized spacial score (nSPS) is 12.6. The summed E-state index contributed by atoms with van der Waals surface area (Å²) in [4.78, 5) is 0. The fourth-order valence-electron chi connectivity index (χ4n) is 2.06. The summed E-state index contributed by atoms with van der Waals surface area (Å²) in [5, 5.41) is 3.15. The molecular formula is C13H21NO2. The second-order valence-electron chi connectivity index (χ2n) is 3.96. The minimum absolute atomic E-state index is 0.0652. The van der Waals surface area contributed by atoms with Crippen LogP contribution in [-0.2, 0) is 4.74 Å². The molecule has 1 N–H and O–H groups in total. The molecule has 1 aromatic rings. The van der Waals surface area contributed by atoms with Gasteiger partial charge in [0.15, 0.2) is 0 Å². The molecule has 0 fully saturated rings. The Bertz CT molecular complexity index is 371. The molecule has 0 aliphatic carbocycles. The van der Waals surface area contributed by atoms with E-state index >= 15 is 0 Å². The van der Waals surface area contributed by atoms with Crippen LogP contribution in [0, 0.1) is 20.8 Å². The monoisotopic (exact) mass is 223 g/mol. The first-order valence-corrected chi connectivity index (χ1v) is 5.41. The van der Waals surface area contributed by atoms with Gasteiger partial charge in [0.2, 0.25) is 0 Å². The summed E-state index contributed by atoms with van der Waals surface area (Å²) in [6.07, 6.45) is -0.0652. The Labute approximate surface area is 97.8 Å². The van der Waals surface area contributed by atoms with Gasteiger partial charge in [-0.15, -0.1) is 0 Å². The van der Waals surface area contributed by atoms with E-state index in [2.05, 4.69) is 32.2 Å². The molecule has 3 nitrogen and oxygen atoms in total. The average molecular weight is 223 g/mol. The number of rotatable bonds is 4. The molecule has 0 heterocycles. The van der Waals surface area contributed by atoms with Crippen LogP contribution in [0.5, 0.6) is 5.75 Å². The number of hydrogen-bond acceptors (Lipinski definition) is 3. The van der Waals surface area contributed by atoms with Gasteiger partial charge in [-0.3, -0.25) is 5.32 Å². The van der Waals surface area contributed by atoms with Crippen LogP contribution in [0.1, 0.15) is 28.5 Å². The largest absolute Gasteiger partial charge is 0.496 e. The summed E-state index contributed by atoms with van der Waals surface area (Å²) in [5.41, 5.74) is 4.77. The van der Waals surface area contributed by atoms with Crippen LogP contribution in [0.4, 0.5) is 0 Å². The van der Waals surface area contributed by atoms with Crippen molar-refractivity contribution in [2.45, 2.75) is 27.0 Å². The second-order valence-corrected chi connectivity index (χ2v) is 3.96. The highest BCUT2D eigenvalue weighted by molar-refractivity contribution is 5.48. The minimum Gasteiger partial charge on any atom is -0.496 e. The van der Waals surface area contributed by atoms with Crippen molar-refractivity contribution >= 4 is 0 Å². The SMILES string of the molecule is CNC(OC)c1c(C)cc(OC)c(C)c1C. The summed E-state index contributed by atoms with van der Waals surface area (Å²) in [7, 11) is 5.30. The summed E-state index contributed by atoms with van der Waals surface area (Å²) >= 11 is 0. The van der Waals surface area contributed by atoms with Crippen LogP contribution in [0.25, 0.3) is 0 Å². The van der Waals surface area contributed by atoms with Crippen LogP contribution in [0.2, 0.25) is 0 Å². The van der Waals surface area contributed by atoms with Gasteiger partial charge in [-0.1, -0.05) is 0 Å². The maximum absolute atomic E-state index is 5.42. The van der Waals surface area contributed by atoms with Gasteiger partial charge in [0.05, 0.1) is 7.11 Å². The van der Waals surface area contributed by atoms with E-state index in [1.165, 1.54) is 22.3 Å². The molecule has 0 radical (unpaired) electrons. The van der Waals surface area contributed by atoms with Crippen molar-refractivity contribution in [1.82, 2.24) is 5.32 Å². The molecule has 16 heavy (non-hydrogen) atoms.